The summed E-state index contributed by atoms with van der Waals surface area (Å²) in [7, 11) is 2.04. The molecule has 0 saturated carbocycles. The molecule has 2 aromatic heterocycles. The topological polar surface area (TPSA) is 49.3 Å². The van der Waals surface area contributed by atoms with Crippen molar-refractivity contribution in [1.82, 2.24) is 19.8 Å². The van der Waals surface area contributed by atoms with Crippen LogP contribution in [0.3, 0.4) is 0 Å². The van der Waals surface area contributed by atoms with E-state index in [9.17, 15) is 4.79 Å². The van der Waals surface area contributed by atoms with Crippen LogP contribution in [0.5, 0.6) is 0 Å². The highest BCUT2D eigenvalue weighted by Crippen LogP contribution is 2.28. The number of hydrogen-bond acceptors (Lipinski definition) is 5. The standard InChI is InChI=1S/C18H24N4OS/c1-21(14-16-6-2-3-8-19-16)11-7-17(23)22-10-4-5-15(13-22)18-20-9-12-24-18/h2-3,6,8-9,12,15H,4-5,7,10-11,13-14H2,1H3. The molecule has 6 heteroatoms. The van der Waals surface area contributed by atoms with Gasteiger partial charge in [0, 0.05) is 56.3 Å². The minimum absolute atomic E-state index is 0.254. The zero-order chi connectivity index (χ0) is 16.8. The van der Waals surface area contributed by atoms with Crippen molar-refractivity contribution in [1.29, 1.82) is 0 Å². The largest absolute Gasteiger partial charge is 0.342 e. The van der Waals surface area contributed by atoms with Gasteiger partial charge in [-0.25, -0.2) is 4.98 Å². The van der Waals surface area contributed by atoms with Crippen LogP contribution in [-0.2, 0) is 11.3 Å². The van der Waals surface area contributed by atoms with Crippen molar-refractivity contribution in [3.8, 4) is 0 Å². The van der Waals surface area contributed by atoms with Crippen LogP contribution in [0.1, 0.15) is 35.9 Å². The van der Waals surface area contributed by atoms with Gasteiger partial charge in [0.15, 0.2) is 0 Å². The molecule has 1 saturated heterocycles. The van der Waals surface area contributed by atoms with Gasteiger partial charge in [-0.15, -0.1) is 11.3 Å². The summed E-state index contributed by atoms with van der Waals surface area (Å²) >= 11 is 1.70. The van der Waals surface area contributed by atoms with Crippen molar-refractivity contribution in [2.24, 2.45) is 0 Å². The van der Waals surface area contributed by atoms with Crippen LogP contribution in [-0.4, -0.2) is 52.4 Å². The number of pyridine rings is 1. The Hall–Kier alpha value is -1.79. The molecular formula is C18H24N4OS. The maximum atomic E-state index is 12.5. The Morgan fingerprint density at radius 1 is 1.38 bits per heavy atom. The van der Waals surface area contributed by atoms with Gasteiger partial charge in [-0.3, -0.25) is 9.78 Å². The molecule has 0 aromatic carbocycles. The lowest BCUT2D eigenvalue weighted by molar-refractivity contribution is -0.132. The fourth-order valence-corrected chi connectivity index (χ4v) is 3.90. The van der Waals surface area contributed by atoms with Crippen molar-refractivity contribution >= 4 is 17.2 Å². The quantitative estimate of drug-likeness (QED) is 0.808. The van der Waals surface area contributed by atoms with Crippen molar-refractivity contribution in [2.45, 2.75) is 31.7 Å². The number of rotatable bonds is 6. The van der Waals surface area contributed by atoms with E-state index in [0.717, 1.165) is 44.7 Å². The first-order chi connectivity index (χ1) is 11.7. The van der Waals surface area contributed by atoms with Crippen LogP contribution in [0.4, 0.5) is 0 Å². The second-order valence-electron chi connectivity index (χ2n) is 6.36. The minimum atomic E-state index is 0.254. The predicted octanol–water partition coefficient (Wildman–Crippen LogP) is 2.77. The number of likely N-dealkylation sites (tertiary alicyclic amines) is 1. The SMILES string of the molecule is CN(CCC(=O)N1CCCC(c2nccs2)C1)Cc1ccccn1. The monoisotopic (exact) mass is 344 g/mol. The number of thiazole rings is 1. The Bertz CT molecular complexity index is 632. The molecule has 1 amide bonds. The van der Waals surface area contributed by atoms with Gasteiger partial charge in [0.2, 0.25) is 5.91 Å². The smallest absolute Gasteiger partial charge is 0.223 e. The highest BCUT2D eigenvalue weighted by molar-refractivity contribution is 7.09. The molecule has 0 spiro atoms. The van der Waals surface area contributed by atoms with Gasteiger partial charge in [0.05, 0.1) is 10.7 Å². The lowest BCUT2D eigenvalue weighted by Gasteiger charge is -2.32. The van der Waals surface area contributed by atoms with E-state index in [1.807, 2.05) is 41.7 Å². The first kappa shape index (κ1) is 17.0. The van der Waals surface area contributed by atoms with Crippen LogP contribution in [0.15, 0.2) is 36.0 Å². The fraction of sp³-hybridized carbons (Fsp3) is 0.500. The van der Waals surface area contributed by atoms with E-state index in [1.165, 1.54) is 5.01 Å². The molecule has 0 N–H and O–H groups in total. The molecule has 3 heterocycles. The summed E-state index contributed by atoms with van der Waals surface area (Å²) in [6.45, 7) is 3.23. The van der Waals surface area contributed by atoms with Crippen molar-refractivity contribution in [3.63, 3.8) is 0 Å². The summed E-state index contributed by atoms with van der Waals surface area (Å²) in [5.41, 5.74) is 1.04. The maximum absolute atomic E-state index is 12.5. The van der Waals surface area contributed by atoms with E-state index in [0.29, 0.717) is 12.3 Å². The average molecular weight is 344 g/mol. The van der Waals surface area contributed by atoms with Crippen LogP contribution < -0.4 is 0 Å². The molecule has 1 fully saturated rings. The van der Waals surface area contributed by atoms with Crippen molar-refractivity contribution in [3.05, 3.63) is 46.7 Å². The predicted molar refractivity (Wildman–Crippen MR) is 95.9 cm³/mol. The molecule has 1 aliphatic rings. The third-order valence-corrected chi connectivity index (χ3v) is 5.38. The lowest BCUT2D eigenvalue weighted by atomic mass is 9.98. The molecule has 24 heavy (non-hydrogen) atoms. The van der Waals surface area contributed by atoms with Gasteiger partial charge in [0.25, 0.3) is 0 Å². The van der Waals surface area contributed by atoms with Crippen LogP contribution >= 0.6 is 11.3 Å². The van der Waals surface area contributed by atoms with Gasteiger partial charge in [0.1, 0.15) is 0 Å². The number of nitrogens with zero attached hydrogens (tertiary/aromatic N) is 4. The van der Waals surface area contributed by atoms with E-state index in [1.54, 1.807) is 17.5 Å². The summed E-state index contributed by atoms with van der Waals surface area (Å²) in [6, 6.07) is 5.93. The van der Waals surface area contributed by atoms with E-state index >= 15 is 0 Å². The molecule has 0 bridgehead atoms. The van der Waals surface area contributed by atoms with Gasteiger partial charge in [-0.05, 0) is 32.0 Å². The molecule has 0 radical (unpaired) electrons. The summed E-state index contributed by atoms with van der Waals surface area (Å²) in [4.78, 5) is 25.5. The Morgan fingerprint density at radius 3 is 3.04 bits per heavy atom. The van der Waals surface area contributed by atoms with E-state index in [-0.39, 0.29) is 5.91 Å². The number of aromatic nitrogens is 2. The Morgan fingerprint density at radius 2 is 2.29 bits per heavy atom. The number of carbonyl (C=O) groups is 1. The minimum Gasteiger partial charge on any atom is -0.342 e. The summed E-state index contributed by atoms with van der Waals surface area (Å²) in [6.07, 6.45) is 6.43. The Labute approximate surface area is 147 Å². The van der Waals surface area contributed by atoms with Gasteiger partial charge >= 0.3 is 0 Å². The molecule has 1 unspecified atom stereocenters. The average Bonchev–Trinajstić information content (AvgIpc) is 3.15. The summed E-state index contributed by atoms with van der Waals surface area (Å²) in [5.74, 6) is 0.665. The molecule has 2 aromatic rings. The fourth-order valence-electron chi connectivity index (χ4n) is 3.13. The lowest BCUT2D eigenvalue weighted by Crippen LogP contribution is -2.40. The zero-order valence-corrected chi connectivity index (χ0v) is 14.9. The van der Waals surface area contributed by atoms with Crippen molar-refractivity contribution < 1.29 is 4.79 Å². The second kappa shape index (κ2) is 8.35. The number of amides is 1. The van der Waals surface area contributed by atoms with Crippen LogP contribution in [0.25, 0.3) is 0 Å². The highest BCUT2D eigenvalue weighted by Gasteiger charge is 2.26. The summed E-state index contributed by atoms with van der Waals surface area (Å²) in [5, 5.41) is 3.18. The van der Waals surface area contributed by atoms with Crippen LogP contribution in [0.2, 0.25) is 0 Å². The van der Waals surface area contributed by atoms with Crippen LogP contribution in [0, 0.1) is 0 Å². The third-order valence-electron chi connectivity index (χ3n) is 4.44. The van der Waals surface area contributed by atoms with Gasteiger partial charge in [-0.1, -0.05) is 6.07 Å². The number of piperidine rings is 1. The van der Waals surface area contributed by atoms with E-state index in [2.05, 4.69) is 14.9 Å². The molecule has 5 nitrogen and oxygen atoms in total. The van der Waals surface area contributed by atoms with Gasteiger partial charge < -0.3 is 9.80 Å². The van der Waals surface area contributed by atoms with Gasteiger partial charge in [-0.2, -0.15) is 0 Å². The normalized spacial score (nSPS) is 18.1. The first-order valence-electron chi connectivity index (χ1n) is 8.48. The van der Waals surface area contributed by atoms with E-state index < -0.39 is 0 Å². The van der Waals surface area contributed by atoms with E-state index in [4.69, 9.17) is 0 Å². The first-order valence-corrected chi connectivity index (χ1v) is 9.36. The Kier molecular flexibility index (Phi) is 5.93. The molecule has 1 atom stereocenters. The molecule has 128 valence electrons. The van der Waals surface area contributed by atoms with Crippen molar-refractivity contribution in [2.75, 3.05) is 26.7 Å². The number of carbonyl (C=O) groups excluding carboxylic acids is 1. The molecular weight excluding hydrogens is 320 g/mol. The third kappa shape index (κ3) is 4.61. The molecule has 0 aliphatic carbocycles. The molecule has 1 aliphatic heterocycles. The molecule has 3 rings (SSSR count). The summed E-state index contributed by atoms with van der Waals surface area (Å²) < 4.78 is 0. The maximum Gasteiger partial charge on any atom is 0.223 e. The second-order valence-corrected chi connectivity index (χ2v) is 7.28. The Balaban J connectivity index is 1.46. The number of hydrogen-bond donors (Lipinski definition) is 0. The highest BCUT2D eigenvalue weighted by atomic mass is 32.1. The zero-order valence-electron chi connectivity index (χ0n) is 14.1.